The fourth-order valence-electron chi connectivity index (χ4n) is 3.64. The normalized spacial score (nSPS) is 13.5. The minimum absolute atomic E-state index is 0.207. The molecule has 162 valence electrons. The van der Waals surface area contributed by atoms with E-state index in [4.69, 9.17) is 9.47 Å². The van der Waals surface area contributed by atoms with Gasteiger partial charge in [-0.15, -0.1) is 0 Å². The van der Waals surface area contributed by atoms with E-state index < -0.39 is 11.8 Å². The van der Waals surface area contributed by atoms with Crippen LogP contribution in [0.5, 0.6) is 11.5 Å². The van der Waals surface area contributed by atoms with Gasteiger partial charge in [0.15, 0.2) is 0 Å². The Bertz CT molecular complexity index is 1200. The van der Waals surface area contributed by atoms with Gasteiger partial charge in [-0.2, -0.15) is 0 Å². The Labute approximate surface area is 187 Å². The number of nitrogens with zero attached hydrogens (tertiary/aromatic N) is 1. The Balaban J connectivity index is 1.81. The molecule has 6 heteroatoms. The molecule has 1 aliphatic heterocycles. The molecule has 0 fully saturated rings. The number of para-hydroxylation sites is 2. The van der Waals surface area contributed by atoms with E-state index in [0.717, 1.165) is 10.5 Å². The molecule has 0 aromatic heterocycles. The molecule has 0 saturated carbocycles. The van der Waals surface area contributed by atoms with Crippen molar-refractivity contribution < 1.29 is 19.1 Å². The maximum absolute atomic E-state index is 13.6. The lowest BCUT2D eigenvalue weighted by molar-refractivity contribution is -0.120. The predicted molar refractivity (Wildman–Crippen MR) is 125 cm³/mol. The zero-order valence-electron chi connectivity index (χ0n) is 18.2. The first kappa shape index (κ1) is 21.2. The van der Waals surface area contributed by atoms with Gasteiger partial charge in [0.1, 0.15) is 17.2 Å². The molecule has 3 aromatic carbocycles. The Kier molecular flexibility index (Phi) is 5.94. The molecule has 6 nitrogen and oxygen atoms in total. The Morgan fingerprint density at radius 2 is 1.66 bits per heavy atom. The average Bonchev–Trinajstić information content (AvgIpc) is 3.04. The van der Waals surface area contributed by atoms with Crippen molar-refractivity contribution in [2.24, 2.45) is 0 Å². The lowest BCUT2D eigenvalue weighted by Crippen LogP contribution is -2.32. The minimum Gasteiger partial charge on any atom is -0.495 e. The van der Waals surface area contributed by atoms with E-state index in [1.54, 1.807) is 30.3 Å². The summed E-state index contributed by atoms with van der Waals surface area (Å²) in [4.78, 5) is 28.3. The van der Waals surface area contributed by atoms with Crippen LogP contribution in [0.15, 0.2) is 78.5 Å². The van der Waals surface area contributed by atoms with E-state index >= 15 is 0 Å². The van der Waals surface area contributed by atoms with Crippen LogP contribution in [0.25, 0.3) is 5.57 Å². The molecule has 1 aliphatic rings. The number of aryl methyl sites for hydroxylation is 1. The van der Waals surface area contributed by atoms with Crippen LogP contribution in [0.2, 0.25) is 0 Å². The highest BCUT2D eigenvalue weighted by molar-refractivity contribution is 6.46. The fourth-order valence-corrected chi connectivity index (χ4v) is 3.64. The van der Waals surface area contributed by atoms with Gasteiger partial charge in [-0.05, 0) is 43.7 Å². The third-order valence-corrected chi connectivity index (χ3v) is 5.16. The molecule has 0 atom stereocenters. The van der Waals surface area contributed by atoms with Crippen molar-refractivity contribution in [1.82, 2.24) is 0 Å². The van der Waals surface area contributed by atoms with Gasteiger partial charge in [-0.1, -0.05) is 48.0 Å². The third-order valence-electron chi connectivity index (χ3n) is 5.16. The highest BCUT2D eigenvalue weighted by Crippen LogP contribution is 2.38. The third kappa shape index (κ3) is 3.95. The van der Waals surface area contributed by atoms with Crippen molar-refractivity contribution >= 4 is 28.8 Å². The van der Waals surface area contributed by atoms with Crippen LogP contribution in [-0.4, -0.2) is 25.5 Å². The number of rotatable bonds is 7. The van der Waals surface area contributed by atoms with E-state index in [9.17, 15) is 9.59 Å². The molecule has 0 unspecified atom stereocenters. The number of methoxy groups -OCH3 is 1. The molecule has 2 amide bonds. The number of nitrogens with one attached hydrogen (secondary N) is 1. The van der Waals surface area contributed by atoms with Gasteiger partial charge in [0.25, 0.3) is 11.8 Å². The van der Waals surface area contributed by atoms with Gasteiger partial charge in [0.05, 0.1) is 25.0 Å². The molecule has 0 saturated heterocycles. The van der Waals surface area contributed by atoms with Crippen LogP contribution < -0.4 is 19.7 Å². The fraction of sp³-hybridized carbons (Fsp3) is 0.154. The lowest BCUT2D eigenvalue weighted by atomic mass is 10.0. The number of ether oxygens (including phenoxy) is 2. The lowest BCUT2D eigenvalue weighted by Gasteiger charge is -2.18. The van der Waals surface area contributed by atoms with Gasteiger partial charge in [0.2, 0.25) is 0 Å². The van der Waals surface area contributed by atoms with Crippen molar-refractivity contribution in [2.75, 3.05) is 23.9 Å². The summed E-state index contributed by atoms with van der Waals surface area (Å²) in [7, 11) is 1.51. The van der Waals surface area contributed by atoms with Gasteiger partial charge >= 0.3 is 0 Å². The second-order valence-electron chi connectivity index (χ2n) is 7.32. The highest BCUT2D eigenvalue weighted by atomic mass is 16.5. The summed E-state index contributed by atoms with van der Waals surface area (Å²) >= 11 is 0. The van der Waals surface area contributed by atoms with Crippen LogP contribution in [0.1, 0.15) is 18.1 Å². The van der Waals surface area contributed by atoms with Crippen LogP contribution in [-0.2, 0) is 9.59 Å². The number of amides is 2. The standard InChI is InChI=1S/C26H24N2O4/c1-4-32-20-9-7-8-19(16-20)27-24-23(18-14-12-17(2)13-15-18)25(29)28(26(24)30)21-10-5-6-11-22(21)31-3/h5-16,27H,4H2,1-3H3. The van der Waals surface area contributed by atoms with Gasteiger partial charge in [-0.3, -0.25) is 9.59 Å². The number of carbonyl (C=O) groups excluding carboxylic acids is 2. The van der Waals surface area contributed by atoms with Crippen LogP contribution in [0.3, 0.4) is 0 Å². The largest absolute Gasteiger partial charge is 0.495 e. The summed E-state index contributed by atoms with van der Waals surface area (Å²) < 4.78 is 11.0. The maximum atomic E-state index is 13.6. The molecule has 1 N–H and O–H groups in total. The van der Waals surface area contributed by atoms with E-state index in [-0.39, 0.29) is 5.70 Å². The molecule has 0 spiro atoms. The Morgan fingerprint density at radius 1 is 0.906 bits per heavy atom. The van der Waals surface area contributed by atoms with E-state index in [1.165, 1.54) is 7.11 Å². The van der Waals surface area contributed by atoms with Gasteiger partial charge in [0, 0.05) is 11.8 Å². The molecule has 1 heterocycles. The zero-order valence-corrected chi connectivity index (χ0v) is 18.2. The molecule has 0 bridgehead atoms. The van der Waals surface area contributed by atoms with Crippen molar-refractivity contribution in [1.29, 1.82) is 0 Å². The minimum atomic E-state index is -0.447. The molecular weight excluding hydrogens is 404 g/mol. The first-order valence-corrected chi connectivity index (χ1v) is 10.4. The average molecular weight is 428 g/mol. The quantitative estimate of drug-likeness (QED) is 0.548. The van der Waals surface area contributed by atoms with Crippen molar-refractivity contribution in [3.8, 4) is 11.5 Å². The number of hydrogen-bond acceptors (Lipinski definition) is 5. The number of hydrogen-bond donors (Lipinski definition) is 1. The van der Waals surface area contributed by atoms with Gasteiger partial charge < -0.3 is 14.8 Å². The van der Waals surface area contributed by atoms with Crippen LogP contribution in [0, 0.1) is 6.92 Å². The molecule has 32 heavy (non-hydrogen) atoms. The van der Waals surface area contributed by atoms with Crippen molar-refractivity contribution in [2.45, 2.75) is 13.8 Å². The van der Waals surface area contributed by atoms with E-state index in [0.29, 0.717) is 40.6 Å². The first-order valence-electron chi connectivity index (χ1n) is 10.4. The number of imide groups is 1. The number of carbonyl (C=O) groups is 2. The summed E-state index contributed by atoms with van der Waals surface area (Å²) in [6.45, 7) is 4.40. The summed E-state index contributed by atoms with van der Waals surface area (Å²) in [5.74, 6) is 0.258. The second kappa shape index (κ2) is 8.98. The maximum Gasteiger partial charge on any atom is 0.282 e. The Hall–Kier alpha value is -4.06. The number of anilines is 2. The predicted octanol–water partition coefficient (Wildman–Crippen LogP) is 4.80. The summed E-state index contributed by atoms with van der Waals surface area (Å²) in [6, 6.07) is 21.8. The van der Waals surface area contributed by atoms with Crippen molar-refractivity contribution in [3.63, 3.8) is 0 Å². The summed E-state index contributed by atoms with van der Waals surface area (Å²) in [5.41, 5.74) is 3.29. The van der Waals surface area contributed by atoms with E-state index in [2.05, 4.69) is 5.32 Å². The van der Waals surface area contributed by atoms with Gasteiger partial charge in [-0.25, -0.2) is 4.90 Å². The molecule has 0 radical (unpaired) electrons. The van der Waals surface area contributed by atoms with Crippen LogP contribution >= 0.6 is 0 Å². The van der Waals surface area contributed by atoms with Crippen LogP contribution in [0.4, 0.5) is 11.4 Å². The van der Waals surface area contributed by atoms with E-state index in [1.807, 2.05) is 56.3 Å². The molecule has 0 aliphatic carbocycles. The number of benzene rings is 3. The summed E-state index contributed by atoms with van der Waals surface area (Å²) in [6.07, 6.45) is 0. The SMILES string of the molecule is CCOc1cccc(NC2=C(c3ccc(C)cc3)C(=O)N(c3ccccc3OC)C2=O)c1. The molecular formula is C26H24N2O4. The highest BCUT2D eigenvalue weighted by Gasteiger charge is 2.41. The smallest absolute Gasteiger partial charge is 0.282 e. The first-order chi connectivity index (χ1) is 15.5. The molecule has 3 aromatic rings. The second-order valence-corrected chi connectivity index (χ2v) is 7.32. The topological polar surface area (TPSA) is 67.9 Å². The molecule has 4 rings (SSSR count). The van der Waals surface area contributed by atoms with Crippen molar-refractivity contribution in [3.05, 3.63) is 89.6 Å². The summed E-state index contributed by atoms with van der Waals surface area (Å²) in [5, 5.41) is 3.17. The zero-order chi connectivity index (χ0) is 22.7. The monoisotopic (exact) mass is 428 g/mol. The Morgan fingerprint density at radius 3 is 2.38 bits per heavy atom.